The summed E-state index contributed by atoms with van der Waals surface area (Å²) in [6.45, 7) is 0.285. The zero-order chi connectivity index (χ0) is 14.2. The Morgan fingerprint density at radius 3 is 2.85 bits per heavy atom. The summed E-state index contributed by atoms with van der Waals surface area (Å²) in [6.07, 6.45) is 0.922. The molecule has 2 aromatic rings. The predicted octanol–water partition coefficient (Wildman–Crippen LogP) is 1.86. The summed E-state index contributed by atoms with van der Waals surface area (Å²) in [7, 11) is -3.47. The van der Waals surface area contributed by atoms with E-state index in [9.17, 15) is 8.42 Å². The Labute approximate surface area is 122 Å². The predicted molar refractivity (Wildman–Crippen MR) is 78.3 cm³/mol. The molecule has 0 amide bonds. The van der Waals surface area contributed by atoms with Crippen molar-refractivity contribution in [3.63, 3.8) is 0 Å². The second kappa shape index (κ2) is 5.29. The van der Waals surface area contributed by atoms with Gasteiger partial charge in [0.2, 0.25) is 10.0 Å². The van der Waals surface area contributed by atoms with E-state index in [4.69, 9.17) is 5.11 Å². The van der Waals surface area contributed by atoms with E-state index in [2.05, 4.69) is 10.8 Å². The van der Waals surface area contributed by atoms with E-state index in [-0.39, 0.29) is 16.7 Å². The van der Waals surface area contributed by atoms with Crippen molar-refractivity contribution in [2.45, 2.75) is 23.2 Å². The van der Waals surface area contributed by atoms with E-state index in [1.54, 1.807) is 5.38 Å². The van der Waals surface area contributed by atoms with Gasteiger partial charge in [-0.25, -0.2) is 13.1 Å². The Balaban J connectivity index is 1.67. The number of aliphatic hydroxyl groups is 1. The van der Waals surface area contributed by atoms with Crippen LogP contribution in [-0.4, -0.2) is 20.1 Å². The van der Waals surface area contributed by atoms with E-state index in [1.807, 2.05) is 18.2 Å². The maximum Gasteiger partial charge on any atom is 0.250 e. The summed E-state index contributed by atoms with van der Waals surface area (Å²) >= 11 is 1.13. The number of hydrogen-bond acceptors (Lipinski definition) is 4. The monoisotopic (exact) mass is 309 g/mol. The molecule has 1 aromatic carbocycles. The van der Waals surface area contributed by atoms with Crippen LogP contribution in [0.25, 0.3) is 0 Å². The Hall–Kier alpha value is -1.21. The summed E-state index contributed by atoms with van der Waals surface area (Å²) in [5, 5.41) is 10.6. The highest BCUT2D eigenvalue weighted by Gasteiger charge is 2.27. The van der Waals surface area contributed by atoms with Gasteiger partial charge in [-0.15, -0.1) is 11.3 Å². The molecule has 0 radical (unpaired) electrons. The second-order valence-electron chi connectivity index (χ2n) is 4.88. The van der Waals surface area contributed by atoms with Crippen LogP contribution in [0.2, 0.25) is 0 Å². The van der Waals surface area contributed by atoms with Gasteiger partial charge in [-0.05, 0) is 34.6 Å². The molecule has 1 aromatic heterocycles. The molecule has 0 spiro atoms. The first-order chi connectivity index (χ1) is 9.60. The van der Waals surface area contributed by atoms with Crippen molar-refractivity contribution < 1.29 is 13.5 Å². The van der Waals surface area contributed by atoms with Crippen LogP contribution >= 0.6 is 11.3 Å². The van der Waals surface area contributed by atoms with Gasteiger partial charge in [0.15, 0.2) is 0 Å². The van der Waals surface area contributed by atoms with Crippen molar-refractivity contribution in [3.05, 3.63) is 52.4 Å². The molecule has 4 nitrogen and oxygen atoms in total. The van der Waals surface area contributed by atoms with Crippen LogP contribution in [0.4, 0.5) is 0 Å². The van der Waals surface area contributed by atoms with Gasteiger partial charge in [-0.3, -0.25) is 0 Å². The Morgan fingerprint density at radius 1 is 1.35 bits per heavy atom. The third kappa shape index (κ3) is 2.52. The fourth-order valence-corrected chi connectivity index (χ4v) is 4.73. The summed E-state index contributed by atoms with van der Waals surface area (Å²) < 4.78 is 27.2. The molecule has 0 bridgehead atoms. The molecule has 0 aliphatic heterocycles. The lowest BCUT2D eigenvalue weighted by atomic mass is 9.78. The van der Waals surface area contributed by atoms with Gasteiger partial charge in [0.1, 0.15) is 4.21 Å². The van der Waals surface area contributed by atoms with Crippen LogP contribution in [0.15, 0.2) is 39.9 Å². The minimum atomic E-state index is -3.47. The molecule has 1 aliphatic rings. The summed E-state index contributed by atoms with van der Waals surface area (Å²) in [5.41, 5.74) is 3.16. The molecule has 1 aliphatic carbocycles. The summed E-state index contributed by atoms with van der Waals surface area (Å²) in [6, 6.07) is 9.62. The van der Waals surface area contributed by atoms with Gasteiger partial charge in [-0.1, -0.05) is 24.3 Å². The molecule has 0 saturated heterocycles. The lowest BCUT2D eigenvalue weighted by molar-refractivity contribution is 0.282. The number of fused-ring (bicyclic) bond motifs is 1. The van der Waals surface area contributed by atoms with E-state index < -0.39 is 10.0 Å². The van der Waals surface area contributed by atoms with Crippen molar-refractivity contribution in [3.8, 4) is 0 Å². The highest BCUT2D eigenvalue weighted by molar-refractivity contribution is 7.91. The topological polar surface area (TPSA) is 66.4 Å². The third-order valence-electron chi connectivity index (χ3n) is 3.56. The molecular weight excluding hydrogens is 294 g/mol. The fraction of sp³-hybridized carbons (Fsp3) is 0.286. The van der Waals surface area contributed by atoms with Crippen molar-refractivity contribution in [1.29, 1.82) is 0 Å². The number of aliphatic hydroxyl groups excluding tert-OH is 1. The normalized spacial score (nSPS) is 17.6. The minimum Gasteiger partial charge on any atom is -0.392 e. The molecule has 1 unspecified atom stereocenters. The summed E-state index contributed by atoms with van der Waals surface area (Å²) in [5.74, 6) is 0.262. The van der Waals surface area contributed by atoms with Gasteiger partial charge in [0, 0.05) is 12.5 Å². The molecule has 0 fully saturated rings. The number of nitrogens with one attached hydrogen (secondary N) is 1. The van der Waals surface area contributed by atoms with Crippen molar-refractivity contribution >= 4 is 21.4 Å². The molecule has 106 valence electrons. The number of thiophene rings is 1. The lowest BCUT2D eigenvalue weighted by Gasteiger charge is -2.29. The number of hydrogen-bond donors (Lipinski definition) is 2. The first-order valence-electron chi connectivity index (χ1n) is 6.36. The van der Waals surface area contributed by atoms with Gasteiger partial charge in [0.05, 0.1) is 6.61 Å². The Morgan fingerprint density at radius 2 is 2.15 bits per heavy atom. The fourth-order valence-electron chi connectivity index (χ4n) is 2.40. The van der Waals surface area contributed by atoms with Gasteiger partial charge in [0.25, 0.3) is 0 Å². The number of benzene rings is 1. The Bertz CT molecular complexity index is 722. The first kappa shape index (κ1) is 13.8. The first-order valence-corrected chi connectivity index (χ1v) is 8.72. The standard InChI is InChI=1S/C14H15NO3S2/c16-8-10-5-14(19-9-10)20(17,18)15-7-12-6-11-3-1-2-4-13(11)12/h1-5,9,12,15-16H,6-8H2. The second-order valence-corrected chi connectivity index (χ2v) is 7.79. The van der Waals surface area contributed by atoms with E-state index in [1.165, 1.54) is 17.2 Å². The number of rotatable bonds is 5. The van der Waals surface area contributed by atoms with Crippen LogP contribution in [0.5, 0.6) is 0 Å². The Kier molecular flexibility index (Phi) is 3.64. The van der Waals surface area contributed by atoms with E-state index in [0.29, 0.717) is 12.1 Å². The SMILES string of the molecule is O=S(=O)(NCC1Cc2ccccc21)c1cc(CO)cs1. The average molecular weight is 309 g/mol. The quantitative estimate of drug-likeness (QED) is 0.886. The maximum atomic E-state index is 12.1. The maximum absolute atomic E-state index is 12.1. The molecule has 6 heteroatoms. The van der Waals surface area contributed by atoms with E-state index in [0.717, 1.165) is 17.8 Å². The van der Waals surface area contributed by atoms with Crippen LogP contribution in [0, 0.1) is 0 Å². The highest BCUT2D eigenvalue weighted by atomic mass is 32.2. The molecule has 1 atom stereocenters. The average Bonchev–Trinajstić information content (AvgIpc) is 2.89. The zero-order valence-electron chi connectivity index (χ0n) is 10.7. The molecule has 3 rings (SSSR count). The lowest BCUT2D eigenvalue weighted by Crippen LogP contribution is -2.32. The number of sulfonamides is 1. The highest BCUT2D eigenvalue weighted by Crippen LogP contribution is 2.34. The van der Waals surface area contributed by atoms with Gasteiger partial charge in [-0.2, -0.15) is 0 Å². The largest absolute Gasteiger partial charge is 0.392 e. The zero-order valence-corrected chi connectivity index (χ0v) is 12.4. The van der Waals surface area contributed by atoms with Crippen LogP contribution in [0.3, 0.4) is 0 Å². The molecule has 2 N–H and O–H groups in total. The third-order valence-corrected chi connectivity index (χ3v) is 6.47. The van der Waals surface area contributed by atoms with Crippen molar-refractivity contribution in [2.75, 3.05) is 6.54 Å². The molecule has 1 heterocycles. The minimum absolute atomic E-state index is 0.137. The van der Waals surface area contributed by atoms with Crippen LogP contribution in [-0.2, 0) is 23.1 Å². The smallest absolute Gasteiger partial charge is 0.250 e. The molecular formula is C14H15NO3S2. The van der Waals surface area contributed by atoms with Crippen LogP contribution < -0.4 is 4.72 Å². The van der Waals surface area contributed by atoms with Crippen molar-refractivity contribution in [2.24, 2.45) is 0 Å². The van der Waals surface area contributed by atoms with Crippen LogP contribution in [0.1, 0.15) is 22.6 Å². The molecule has 20 heavy (non-hydrogen) atoms. The van der Waals surface area contributed by atoms with Crippen molar-refractivity contribution in [1.82, 2.24) is 4.72 Å². The summed E-state index contributed by atoms with van der Waals surface area (Å²) in [4.78, 5) is 0. The molecule has 0 saturated carbocycles. The van der Waals surface area contributed by atoms with Gasteiger partial charge >= 0.3 is 0 Å². The van der Waals surface area contributed by atoms with E-state index >= 15 is 0 Å². The van der Waals surface area contributed by atoms with Gasteiger partial charge < -0.3 is 5.11 Å².